The molecule has 0 unspecified atom stereocenters. The van der Waals surface area contributed by atoms with Gasteiger partial charge >= 0.3 is 0 Å². The summed E-state index contributed by atoms with van der Waals surface area (Å²) in [5, 5.41) is 7.60. The molecule has 27 heavy (non-hydrogen) atoms. The first-order valence-corrected chi connectivity index (χ1v) is 9.73. The summed E-state index contributed by atoms with van der Waals surface area (Å²) in [5.74, 6) is 1.09. The molecular weight excluding hydrogens is 360 g/mol. The Balaban J connectivity index is 1.37. The predicted octanol–water partition coefficient (Wildman–Crippen LogP) is 3.57. The van der Waals surface area contributed by atoms with Crippen molar-refractivity contribution >= 4 is 29.1 Å². The number of ketones is 1. The van der Waals surface area contributed by atoms with Crippen LogP contribution in [-0.2, 0) is 4.79 Å². The van der Waals surface area contributed by atoms with Crippen LogP contribution in [0.5, 0.6) is 0 Å². The highest BCUT2D eigenvalue weighted by atomic mass is 32.2. The van der Waals surface area contributed by atoms with Gasteiger partial charge in [0.1, 0.15) is 0 Å². The lowest BCUT2D eigenvalue weighted by Crippen LogP contribution is -2.23. The Kier molecular flexibility index (Phi) is 5.02. The molecule has 1 fully saturated rings. The Labute approximate surface area is 161 Å². The van der Waals surface area contributed by atoms with Crippen molar-refractivity contribution in [1.29, 1.82) is 0 Å². The Morgan fingerprint density at radius 1 is 1.11 bits per heavy atom. The highest BCUT2D eigenvalue weighted by molar-refractivity contribution is 7.99. The van der Waals surface area contributed by atoms with E-state index in [1.165, 1.54) is 11.8 Å². The maximum atomic E-state index is 12.4. The number of carbonyl (C=O) groups excluding carboxylic acids is 2. The third-order valence-corrected chi connectivity index (χ3v) is 5.27. The van der Waals surface area contributed by atoms with Gasteiger partial charge in [0, 0.05) is 29.8 Å². The maximum absolute atomic E-state index is 12.4. The lowest BCUT2D eigenvalue weighted by molar-refractivity contribution is -0.117. The van der Waals surface area contributed by atoms with Crippen LogP contribution >= 0.6 is 11.8 Å². The average molecular weight is 378 g/mol. The van der Waals surface area contributed by atoms with Crippen LogP contribution in [0.2, 0.25) is 0 Å². The number of H-pyrrole nitrogens is 1. The quantitative estimate of drug-likeness (QED) is 0.524. The predicted molar refractivity (Wildman–Crippen MR) is 105 cm³/mol. The summed E-state index contributed by atoms with van der Waals surface area (Å²) in [7, 11) is 0. The summed E-state index contributed by atoms with van der Waals surface area (Å²) < 4.78 is 0. The average Bonchev–Trinajstić information content (AvgIpc) is 3.36. The molecule has 1 saturated heterocycles. The molecule has 0 atom stereocenters. The van der Waals surface area contributed by atoms with Gasteiger partial charge in [-0.3, -0.25) is 14.7 Å². The molecule has 2 aromatic carbocycles. The molecule has 0 saturated carbocycles. The second kappa shape index (κ2) is 7.75. The number of nitrogens with one attached hydrogen (secondary N) is 1. The van der Waals surface area contributed by atoms with E-state index in [2.05, 4.69) is 15.2 Å². The van der Waals surface area contributed by atoms with Crippen LogP contribution in [-0.4, -0.2) is 39.2 Å². The molecule has 4 rings (SSSR count). The molecule has 0 radical (unpaired) electrons. The van der Waals surface area contributed by atoms with E-state index >= 15 is 0 Å². The Hall–Kier alpha value is -2.93. The number of anilines is 1. The van der Waals surface area contributed by atoms with Gasteiger partial charge in [-0.05, 0) is 30.7 Å². The van der Waals surface area contributed by atoms with Gasteiger partial charge in [0.15, 0.2) is 11.6 Å². The number of thioether (sulfide) groups is 1. The molecule has 7 heteroatoms. The zero-order valence-corrected chi connectivity index (χ0v) is 15.4. The van der Waals surface area contributed by atoms with Gasteiger partial charge in [0.25, 0.3) is 0 Å². The van der Waals surface area contributed by atoms with E-state index in [0.717, 1.165) is 24.2 Å². The SMILES string of the molecule is O=C(CSc1n[nH]c(-c2ccccc2)n1)c1ccc(N2CCCC2=O)cc1. The number of nitrogens with zero attached hydrogens (tertiary/aromatic N) is 3. The van der Waals surface area contributed by atoms with Crippen LogP contribution in [0.3, 0.4) is 0 Å². The highest BCUT2D eigenvalue weighted by Crippen LogP contribution is 2.23. The molecule has 1 N–H and O–H groups in total. The van der Waals surface area contributed by atoms with Gasteiger partial charge in [-0.25, -0.2) is 4.98 Å². The molecule has 0 bridgehead atoms. The van der Waals surface area contributed by atoms with E-state index in [9.17, 15) is 9.59 Å². The van der Waals surface area contributed by atoms with E-state index < -0.39 is 0 Å². The minimum Gasteiger partial charge on any atom is -0.312 e. The smallest absolute Gasteiger partial charge is 0.227 e. The molecule has 1 aliphatic heterocycles. The van der Waals surface area contributed by atoms with Crippen LogP contribution < -0.4 is 4.90 Å². The minimum atomic E-state index is 0.00496. The van der Waals surface area contributed by atoms with Crippen LogP contribution in [0.25, 0.3) is 11.4 Å². The zero-order chi connectivity index (χ0) is 18.6. The third-order valence-electron chi connectivity index (χ3n) is 4.42. The molecule has 0 aliphatic carbocycles. The Morgan fingerprint density at radius 3 is 2.59 bits per heavy atom. The van der Waals surface area contributed by atoms with Crippen molar-refractivity contribution in [2.75, 3.05) is 17.2 Å². The highest BCUT2D eigenvalue weighted by Gasteiger charge is 2.21. The van der Waals surface area contributed by atoms with Crippen molar-refractivity contribution < 1.29 is 9.59 Å². The van der Waals surface area contributed by atoms with Crippen molar-refractivity contribution in [3.63, 3.8) is 0 Å². The van der Waals surface area contributed by atoms with Crippen LogP contribution in [0, 0.1) is 0 Å². The van der Waals surface area contributed by atoms with Crippen molar-refractivity contribution in [3.8, 4) is 11.4 Å². The number of amides is 1. The molecule has 2 heterocycles. The van der Waals surface area contributed by atoms with Gasteiger partial charge in [0.05, 0.1) is 5.75 Å². The standard InChI is InChI=1S/C20H18N4O2S/c25-17(14-8-10-16(11-9-14)24-12-4-7-18(24)26)13-27-20-21-19(22-23-20)15-5-2-1-3-6-15/h1-3,5-6,8-11H,4,7,12-13H2,(H,21,22,23). The molecule has 136 valence electrons. The van der Waals surface area contributed by atoms with E-state index in [1.807, 2.05) is 42.5 Å². The summed E-state index contributed by atoms with van der Waals surface area (Å²) in [6.45, 7) is 0.747. The molecule has 0 spiro atoms. The monoisotopic (exact) mass is 378 g/mol. The lowest BCUT2D eigenvalue weighted by Gasteiger charge is -2.15. The topological polar surface area (TPSA) is 79.0 Å². The third kappa shape index (κ3) is 3.93. The second-order valence-corrected chi connectivity index (χ2v) is 7.18. The first-order valence-electron chi connectivity index (χ1n) is 8.75. The first kappa shape index (κ1) is 17.5. The van der Waals surface area contributed by atoms with Gasteiger partial charge in [-0.2, -0.15) is 0 Å². The Morgan fingerprint density at radius 2 is 1.89 bits per heavy atom. The fraction of sp³-hybridized carbons (Fsp3) is 0.200. The fourth-order valence-electron chi connectivity index (χ4n) is 3.00. The van der Waals surface area contributed by atoms with Crippen molar-refractivity contribution in [3.05, 3.63) is 60.2 Å². The summed E-state index contributed by atoms with van der Waals surface area (Å²) in [6, 6.07) is 16.9. The van der Waals surface area contributed by atoms with Gasteiger partial charge < -0.3 is 4.90 Å². The summed E-state index contributed by atoms with van der Waals surface area (Å²) in [6.07, 6.45) is 1.48. The van der Waals surface area contributed by atoms with Crippen LogP contribution in [0.15, 0.2) is 59.8 Å². The largest absolute Gasteiger partial charge is 0.312 e. The second-order valence-electron chi connectivity index (χ2n) is 6.24. The number of Topliss-reactive ketones (excluding diaryl/α,β-unsaturated/α-hetero) is 1. The first-order chi connectivity index (χ1) is 13.2. The van der Waals surface area contributed by atoms with Crippen molar-refractivity contribution in [2.24, 2.45) is 0 Å². The number of hydrogen-bond acceptors (Lipinski definition) is 5. The molecular formula is C20H18N4O2S. The lowest BCUT2D eigenvalue weighted by atomic mass is 10.1. The molecule has 3 aromatic rings. The van der Waals surface area contributed by atoms with Crippen molar-refractivity contribution in [2.45, 2.75) is 18.0 Å². The van der Waals surface area contributed by atoms with Crippen LogP contribution in [0.4, 0.5) is 5.69 Å². The van der Waals surface area contributed by atoms with Gasteiger partial charge in [-0.1, -0.05) is 42.1 Å². The number of aromatic amines is 1. The zero-order valence-electron chi connectivity index (χ0n) is 14.6. The normalized spacial score (nSPS) is 13.9. The van der Waals surface area contributed by atoms with Gasteiger partial charge in [-0.15, -0.1) is 5.10 Å². The summed E-state index contributed by atoms with van der Waals surface area (Å²) in [5.41, 5.74) is 2.43. The van der Waals surface area contributed by atoms with Crippen molar-refractivity contribution in [1.82, 2.24) is 15.2 Å². The number of hydrogen-bond donors (Lipinski definition) is 1. The minimum absolute atomic E-state index is 0.00496. The molecule has 1 amide bonds. The Bertz CT molecular complexity index is 954. The van der Waals surface area contributed by atoms with Crippen LogP contribution in [0.1, 0.15) is 23.2 Å². The number of aromatic nitrogens is 3. The van der Waals surface area contributed by atoms with E-state index in [0.29, 0.717) is 23.0 Å². The van der Waals surface area contributed by atoms with E-state index in [4.69, 9.17) is 0 Å². The van der Waals surface area contributed by atoms with E-state index in [-0.39, 0.29) is 17.4 Å². The number of rotatable bonds is 6. The maximum Gasteiger partial charge on any atom is 0.227 e. The van der Waals surface area contributed by atoms with Gasteiger partial charge in [0.2, 0.25) is 11.1 Å². The molecule has 1 aliphatic rings. The molecule has 6 nitrogen and oxygen atoms in total. The summed E-state index contributed by atoms with van der Waals surface area (Å²) >= 11 is 1.30. The fourth-order valence-corrected chi connectivity index (χ4v) is 3.69. The number of carbonyl (C=O) groups is 2. The molecule has 1 aromatic heterocycles. The van der Waals surface area contributed by atoms with E-state index in [1.54, 1.807) is 17.0 Å². The summed E-state index contributed by atoms with van der Waals surface area (Å²) in [4.78, 5) is 30.4. The number of benzene rings is 2.